The van der Waals surface area contributed by atoms with Crippen molar-refractivity contribution >= 4 is 10.0 Å². The average Bonchev–Trinajstić information content (AvgIpc) is 2.76. The predicted octanol–water partition coefficient (Wildman–Crippen LogP) is 1.18. The molecule has 0 spiro atoms. The summed E-state index contributed by atoms with van der Waals surface area (Å²) in [6.45, 7) is 2.24. The average molecular weight is 330 g/mol. The SMILES string of the molecule is CCS(=O)(=O)N1CCOC2CCC1C2Oc1ncccc1F. The molecule has 6 nitrogen and oxygen atoms in total. The number of nitrogens with zero attached hydrogens (tertiary/aromatic N) is 2. The maximum Gasteiger partial charge on any atom is 0.250 e. The van der Waals surface area contributed by atoms with Gasteiger partial charge in [0, 0.05) is 12.7 Å². The van der Waals surface area contributed by atoms with Gasteiger partial charge in [-0.1, -0.05) is 0 Å². The van der Waals surface area contributed by atoms with Crippen LogP contribution in [0.4, 0.5) is 4.39 Å². The van der Waals surface area contributed by atoms with E-state index >= 15 is 0 Å². The Hall–Kier alpha value is -1.25. The Bertz CT molecular complexity index is 639. The molecule has 8 heteroatoms. The van der Waals surface area contributed by atoms with E-state index in [0.29, 0.717) is 26.0 Å². The molecule has 0 N–H and O–H groups in total. The summed E-state index contributed by atoms with van der Waals surface area (Å²) >= 11 is 0. The van der Waals surface area contributed by atoms with Crippen LogP contribution in [0, 0.1) is 5.82 Å². The van der Waals surface area contributed by atoms with Crippen LogP contribution in [0.15, 0.2) is 18.3 Å². The maximum atomic E-state index is 13.8. The maximum absolute atomic E-state index is 13.8. The number of halogens is 1. The molecule has 3 unspecified atom stereocenters. The fraction of sp³-hybridized carbons (Fsp3) is 0.643. The molecule has 1 aromatic rings. The van der Waals surface area contributed by atoms with Crippen LogP contribution >= 0.6 is 0 Å². The molecule has 0 amide bonds. The third-order valence-electron chi connectivity index (χ3n) is 4.20. The zero-order valence-electron chi connectivity index (χ0n) is 12.3. The Labute approximate surface area is 129 Å². The molecule has 0 aromatic carbocycles. The van der Waals surface area contributed by atoms with Gasteiger partial charge < -0.3 is 9.47 Å². The van der Waals surface area contributed by atoms with Crippen LogP contribution in [-0.4, -0.2) is 54.9 Å². The number of hydrogen-bond donors (Lipinski definition) is 0. The van der Waals surface area contributed by atoms with Crippen LogP contribution in [0.25, 0.3) is 0 Å². The Morgan fingerprint density at radius 2 is 2.32 bits per heavy atom. The molecule has 2 fully saturated rings. The first-order valence-corrected chi connectivity index (χ1v) is 9.02. The van der Waals surface area contributed by atoms with Crippen molar-refractivity contribution in [3.8, 4) is 5.88 Å². The lowest BCUT2D eigenvalue weighted by Gasteiger charge is -2.30. The second-order valence-electron chi connectivity index (χ2n) is 5.44. The molecule has 3 rings (SSSR count). The lowest BCUT2D eigenvalue weighted by atomic mass is 10.2. The summed E-state index contributed by atoms with van der Waals surface area (Å²) in [5.74, 6) is -0.640. The van der Waals surface area contributed by atoms with E-state index in [1.807, 2.05) is 0 Å². The predicted molar refractivity (Wildman–Crippen MR) is 77.5 cm³/mol. The van der Waals surface area contributed by atoms with Crippen molar-refractivity contribution in [1.82, 2.24) is 9.29 Å². The minimum absolute atomic E-state index is 0.0266. The lowest BCUT2D eigenvalue weighted by Crippen LogP contribution is -2.48. The van der Waals surface area contributed by atoms with E-state index in [1.165, 1.54) is 22.6 Å². The van der Waals surface area contributed by atoms with E-state index < -0.39 is 21.9 Å². The summed E-state index contributed by atoms with van der Waals surface area (Å²) in [6, 6.07) is 2.41. The van der Waals surface area contributed by atoms with Crippen molar-refractivity contribution in [3.63, 3.8) is 0 Å². The lowest BCUT2D eigenvalue weighted by molar-refractivity contribution is 0.000678. The first-order valence-electron chi connectivity index (χ1n) is 7.41. The molecular formula is C14H19FN2O4S. The summed E-state index contributed by atoms with van der Waals surface area (Å²) in [4.78, 5) is 3.89. The highest BCUT2D eigenvalue weighted by atomic mass is 32.2. The number of rotatable bonds is 4. The Morgan fingerprint density at radius 3 is 3.05 bits per heavy atom. The van der Waals surface area contributed by atoms with Gasteiger partial charge in [-0.25, -0.2) is 17.8 Å². The third kappa shape index (κ3) is 2.82. The van der Waals surface area contributed by atoms with Gasteiger partial charge in [-0.3, -0.25) is 0 Å². The quantitative estimate of drug-likeness (QED) is 0.829. The van der Waals surface area contributed by atoms with E-state index in [1.54, 1.807) is 6.92 Å². The molecule has 1 saturated heterocycles. The first kappa shape index (κ1) is 15.6. The highest BCUT2D eigenvalue weighted by Gasteiger charge is 2.47. The van der Waals surface area contributed by atoms with Gasteiger partial charge in [0.25, 0.3) is 5.88 Å². The van der Waals surface area contributed by atoms with Gasteiger partial charge in [0.1, 0.15) is 6.10 Å². The van der Waals surface area contributed by atoms with Crippen LogP contribution in [-0.2, 0) is 14.8 Å². The highest BCUT2D eigenvalue weighted by molar-refractivity contribution is 7.89. The molecule has 2 heterocycles. The topological polar surface area (TPSA) is 68.7 Å². The van der Waals surface area contributed by atoms with Gasteiger partial charge in [-0.05, 0) is 31.9 Å². The molecule has 3 atom stereocenters. The standard InChI is InChI=1S/C14H19FN2O4S/c1-2-22(18,19)17-8-9-20-12-6-5-11(17)13(12)21-14-10(15)4-3-7-16-14/h3-4,7,11-13H,2,5-6,8-9H2,1H3. The van der Waals surface area contributed by atoms with Gasteiger partial charge in [0.15, 0.2) is 5.82 Å². The monoisotopic (exact) mass is 330 g/mol. The van der Waals surface area contributed by atoms with Gasteiger partial charge in [0.2, 0.25) is 10.0 Å². The summed E-state index contributed by atoms with van der Waals surface area (Å²) in [5.41, 5.74) is 0. The third-order valence-corrected chi connectivity index (χ3v) is 6.10. The van der Waals surface area contributed by atoms with Crippen molar-refractivity contribution in [2.45, 2.75) is 38.0 Å². The first-order chi connectivity index (χ1) is 10.5. The minimum Gasteiger partial charge on any atom is -0.468 e. The van der Waals surface area contributed by atoms with E-state index in [4.69, 9.17) is 9.47 Å². The van der Waals surface area contributed by atoms with Gasteiger partial charge in [0.05, 0.1) is 24.5 Å². The Kier molecular flexibility index (Phi) is 4.33. The van der Waals surface area contributed by atoms with Crippen molar-refractivity contribution in [2.24, 2.45) is 0 Å². The Morgan fingerprint density at radius 1 is 1.50 bits per heavy atom. The fourth-order valence-electron chi connectivity index (χ4n) is 3.11. The van der Waals surface area contributed by atoms with E-state index in [-0.39, 0.29) is 23.8 Å². The number of hydrogen-bond acceptors (Lipinski definition) is 5. The number of pyridine rings is 1. The molecule has 2 aliphatic rings. The van der Waals surface area contributed by atoms with Crippen LogP contribution in [0.2, 0.25) is 0 Å². The summed E-state index contributed by atoms with van der Waals surface area (Å²) in [7, 11) is -3.36. The Balaban J connectivity index is 1.88. The number of aromatic nitrogens is 1. The number of ether oxygens (including phenoxy) is 2. The van der Waals surface area contributed by atoms with Crippen molar-refractivity contribution in [3.05, 3.63) is 24.1 Å². The van der Waals surface area contributed by atoms with E-state index in [2.05, 4.69) is 4.98 Å². The molecule has 22 heavy (non-hydrogen) atoms. The second kappa shape index (κ2) is 6.10. The van der Waals surface area contributed by atoms with E-state index in [0.717, 1.165) is 0 Å². The van der Waals surface area contributed by atoms with Crippen molar-refractivity contribution in [1.29, 1.82) is 0 Å². The molecule has 1 saturated carbocycles. The molecule has 122 valence electrons. The van der Waals surface area contributed by atoms with Gasteiger partial charge in [-0.15, -0.1) is 0 Å². The molecule has 2 bridgehead atoms. The molecule has 0 radical (unpaired) electrons. The van der Waals surface area contributed by atoms with Crippen LogP contribution in [0.1, 0.15) is 19.8 Å². The van der Waals surface area contributed by atoms with Crippen molar-refractivity contribution in [2.75, 3.05) is 18.9 Å². The van der Waals surface area contributed by atoms with Gasteiger partial charge in [-0.2, -0.15) is 4.31 Å². The van der Waals surface area contributed by atoms with Gasteiger partial charge >= 0.3 is 0 Å². The molecule has 1 aromatic heterocycles. The normalized spacial score (nSPS) is 29.3. The van der Waals surface area contributed by atoms with Crippen molar-refractivity contribution < 1.29 is 22.3 Å². The second-order valence-corrected chi connectivity index (χ2v) is 7.65. The minimum atomic E-state index is -3.36. The van der Waals surface area contributed by atoms with Crippen LogP contribution in [0.3, 0.4) is 0 Å². The molecule has 1 aliphatic carbocycles. The zero-order chi connectivity index (χ0) is 15.7. The largest absolute Gasteiger partial charge is 0.468 e. The summed E-state index contributed by atoms with van der Waals surface area (Å²) < 4.78 is 51.2. The fourth-order valence-corrected chi connectivity index (χ4v) is 4.43. The number of fused-ring (bicyclic) bond motifs is 2. The summed E-state index contributed by atoms with van der Waals surface area (Å²) in [5, 5.41) is 0. The van der Waals surface area contributed by atoms with Crippen LogP contribution < -0.4 is 4.74 Å². The molecular weight excluding hydrogens is 311 g/mol. The van der Waals surface area contributed by atoms with E-state index in [9.17, 15) is 12.8 Å². The highest BCUT2D eigenvalue weighted by Crippen LogP contribution is 2.34. The van der Waals surface area contributed by atoms with Crippen LogP contribution in [0.5, 0.6) is 5.88 Å². The number of sulfonamides is 1. The summed E-state index contributed by atoms with van der Waals surface area (Å²) in [6.07, 6.45) is 2.01. The zero-order valence-corrected chi connectivity index (χ0v) is 13.1. The smallest absolute Gasteiger partial charge is 0.250 e. The molecule has 1 aliphatic heterocycles.